The van der Waals surface area contributed by atoms with E-state index in [0.717, 1.165) is 6.42 Å². The first-order valence-corrected chi connectivity index (χ1v) is 7.85. The normalized spacial score (nSPS) is 16.6. The zero-order valence-electron chi connectivity index (χ0n) is 13.3. The van der Waals surface area contributed by atoms with E-state index in [1.54, 1.807) is 4.90 Å². The lowest BCUT2D eigenvalue weighted by Crippen LogP contribution is -2.24. The highest BCUT2D eigenvalue weighted by molar-refractivity contribution is 5.78. The molecule has 20 heavy (non-hydrogen) atoms. The Morgan fingerprint density at radius 3 is 2.55 bits per heavy atom. The molecular weight excluding hydrogens is 246 g/mol. The fourth-order valence-electron chi connectivity index (χ4n) is 2.76. The number of benzene rings is 1. The van der Waals surface area contributed by atoms with Crippen LogP contribution in [0.4, 0.5) is 0 Å². The van der Waals surface area contributed by atoms with E-state index in [2.05, 4.69) is 32.0 Å². The van der Waals surface area contributed by atoms with Crippen LogP contribution < -0.4 is 0 Å². The molecule has 1 aromatic rings. The molecule has 1 fully saturated rings. The molecule has 110 valence electrons. The number of likely N-dealkylation sites (N-methyl/N-ethyl adjacent to an activating group) is 1. The number of carbonyl (C=O) groups is 1. The van der Waals surface area contributed by atoms with Gasteiger partial charge in [-0.1, -0.05) is 38.5 Å². The van der Waals surface area contributed by atoms with Crippen LogP contribution in [0.1, 0.15) is 68.1 Å². The van der Waals surface area contributed by atoms with Crippen molar-refractivity contribution in [3.8, 4) is 0 Å². The number of rotatable bonds is 5. The van der Waals surface area contributed by atoms with Crippen LogP contribution in [0, 0.1) is 0 Å². The highest BCUT2D eigenvalue weighted by atomic mass is 16.2. The lowest BCUT2D eigenvalue weighted by molar-refractivity contribution is -0.127. The van der Waals surface area contributed by atoms with Gasteiger partial charge in [0.05, 0.1) is 6.42 Å². The first-order valence-electron chi connectivity index (χ1n) is 7.85. The molecule has 0 aromatic heterocycles. The van der Waals surface area contributed by atoms with E-state index in [-0.39, 0.29) is 5.91 Å². The summed E-state index contributed by atoms with van der Waals surface area (Å²) in [6.07, 6.45) is 5.59. The summed E-state index contributed by atoms with van der Waals surface area (Å²) in [4.78, 5) is 13.8. The molecule has 1 aliphatic rings. The van der Waals surface area contributed by atoms with E-state index in [9.17, 15) is 4.79 Å². The van der Waals surface area contributed by atoms with E-state index < -0.39 is 0 Å². The average Bonchev–Trinajstić information content (AvgIpc) is 2.37. The van der Waals surface area contributed by atoms with Crippen molar-refractivity contribution in [3.05, 3.63) is 34.9 Å². The van der Waals surface area contributed by atoms with Gasteiger partial charge in [-0.05, 0) is 47.8 Å². The van der Waals surface area contributed by atoms with Gasteiger partial charge in [0.15, 0.2) is 0 Å². The molecule has 2 heteroatoms. The zero-order valence-corrected chi connectivity index (χ0v) is 13.3. The smallest absolute Gasteiger partial charge is 0.226 e. The zero-order chi connectivity index (χ0) is 14.7. The highest BCUT2D eigenvalue weighted by Crippen LogP contribution is 2.39. The molecule has 0 saturated heterocycles. The third kappa shape index (κ3) is 3.23. The average molecular weight is 273 g/mol. The van der Waals surface area contributed by atoms with Crippen molar-refractivity contribution in [1.29, 1.82) is 0 Å². The Kier molecular flexibility index (Phi) is 4.85. The van der Waals surface area contributed by atoms with Gasteiger partial charge in [0.25, 0.3) is 0 Å². The summed E-state index contributed by atoms with van der Waals surface area (Å²) >= 11 is 0. The van der Waals surface area contributed by atoms with Crippen LogP contribution in [0.2, 0.25) is 0 Å². The van der Waals surface area contributed by atoms with Gasteiger partial charge in [-0.25, -0.2) is 0 Å². The van der Waals surface area contributed by atoms with Crippen molar-refractivity contribution in [2.75, 3.05) is 14.1 Å². The molecule has 1 amide bonds. The van der Waals surface area contributed by atoms with Gasteiger partial charge >= 0.3 is 0 Å². The van der Waals surface area contributed by atoms with Gasteiger partial charge < -0.3 is 4.90 Å². The lowest BCUT2D eigenvalue weighted by atomic mass is 9.77. The summed E-state index contributed by atoms with van der Waals surface area (Å²) in [6.45, 7) is 4.48. The first-order chi connectivity index (χ1) is 9.52. The lowest BCUT2D eigenvalue weighted by Gasteiger charge is -2.29. The number of hydrogen-bond acceptors (Lipinski definition) is 1. The number of carbonyl (C=O) groups excluding carboxylic acids is 1. The SMILES string of the molecule is CCC(C)c1ccc(C2CCC2)c(CC(=O)N(C)C)c1. The van der Waals surface area contributed by atoms with Crippen LogP contribution in [-0.2, 0) is 11.2 Å². The van der Waals surface area contributed by atoms with Crippen LogP contribution in [0.15, 0.2) is 18.2 Å². The molecule has 1 unspecified atom stereocenters. The van der Waals surface area contributed by atoms with Crippen LogP contribution in [-0.4, -0.2) is 24.9 Å². The molecule has 0 spiro atoms. The molecular formula is C18H27NO. The Bertz CT molecular complexity index is 474. The maximum absolute atomic E-state index is 12.1. The monoisotopic (exact) mass is 273 g/mol. The minimum atomic E-state index is 0.201. The molecule has 1 aliphatic carbocycles. The van der Waals surface area contributed by atoms with Crippen molar-refractivity contribution in [2.45, 2.75) is 57.8 Å². The van der Waals surface area contributed by atoms with E-state index in [4.69, 9.17) is 0 Å². The minimum absolute atomic E-state index is 0.201. The molecule has 0 N–H and O–H groups in total. The molecule has 2 nitrogen and oxygen atoms in total. The van der Waals surface area contributed by atoms with E-state index in [1.165, 1.54) is 36.0 Å². The standard InChI is InChI=1S/C18H27NO/c1-5-13(2)15-9-10-17(14-7-6-8-14)16(11-15)12-18(20)19(3)4/h9-11,13-14H,5-8,12H2,1-4H3. The van der Waals surface area contributed by atoms with E-state index >= 15 is 0 Å². The fourth-order valence-corrected chi connectivity index (χ4v) is 2.76. The minimum Gasteiger partial charge on any atom is -0.349 e. The maximum Gasteiger partial charge on any atom is 0.226 e. The number of nitrogens with zero attached hydrogens (tertiary/aromatic N) is 1. The highest BCUT2D eigenvalue weighted by Gasteiger charge is 2.23. The Labute approximate surface area is 123 Å². The van der Waals surface area contributed by atoms with Crippen LogP contribution in [0.5, 0.6) is 0 Å². The predicted octanol–water partition coefficient (Wildman–Crippen LogP) is 4.10. The second kappa shape index (κ2) is 6.43. The molecule has 1 saturated carbocycles. The summed E-state index contributed by atoms with van der Waals surface area (Å²) < 4.78 is 0. The van der Waals surface area contributed by atoms with Crippen molar-refractivity contribution in [3.63, 3.8) is 0 Å². The summed E-state index contributed by atoms with van der Waals surface area (Å²) in [7, 11) is 3.67. The topological polar surface area (TPSA) is 20.3 Å². The summed E-state index contributed by atoms with van der Waals surface area (Å²) in [5.74, 6) is 1.46. The van der Waals surface area contributed by atoms with Gasteiger partial charge in [0, 0.05) is 14.1 Å². The quantitative estimate of drug-likeness (QED) is 0.791. The molecule has 0 heterocycles. The molecule has 0 radical (unpaired) electrons. The fraction of sp³-hybridized carbons (Fsp3) is 0.611. The third-order valence-electron chi connectivity index (χ3n) is 4.73. The molecule has 1 atom stereocenters. The summed E-state index contributed by atoms with van der Waals surface area (Å²) in [6, 6.07) is 6.83. The number of amides is 1. The molecule has 0 aliphatic heterocycles. The second-order valence-corrected chi connectivity index (χ2v) is 6.36. The van der Waals surface area contributed by atoms with Crippen molar-refractivity contribution in [2.24, 2.45) is 0 Å². The molecule has 1 aromatic carbocycles. The Balaban J connectivity index is 2.29. The van der Waals surface area contributed by atoms with Gasteiger partial charge in [-0.2, -0.15) is 0 Å². The Morgan fingerprint density at radius 2 is 2.05 bits per heavy atom. The largest absolute Gasteiger partial charge is 0.349 e. The van der Waals surface area contributed by atoms with Crippen LogP contribution in [0.3, 0.4) is 0 Å². The maximum atomic E-state index is 12.1. The van der Waals surface area contributed by atoms with Crippen molar-refractivity contribution in [1.82, 2.24) is 4.90 Å². The number of hydrogen-bond donors (Lipinski definition) is 0. The summed E-state index contributed by atoms with van der Waals surface area (Å²) in [5.41, 5.74) is 4.04. The van der Waals surface area contributed by atoms with Gasteiger partial charge in [-0.15, -0.1) is 0 Å². The van der Waals surface area contributed by atoms with Crippen LogP contribution in [0.25, 0.3) is 0 Å². The Hall–Kier alpha value is -1.31. The van der Waals surface area contributed by atoms with E-state index in [1.807, 2.05) is 14.1 Å². The van der Waals surface area contributed by atoms with Gasteiger partial charge in [-0.3, -0.25) is 4.79 Å². The summed E-state index contributed by atoms with van der Waals surface area (Å²) in [5, 5.41) is 0. The van der Waals surface area contributed by atoms with Gasteiger partial charge in [0.1, 0.15) is 0 Å². The van der Waals surface area contributed by atoms with Crippen LogP contribution >= 0.6 is 0 Å². The third-order valence-corrected chi connectivity index (χ3v) is 4.73. The van der Waals surface area contributed by atoms with Gasteiger partial charge in [0.2, 0.25) is 5.91 Å². The van der Waals surface area contributed by atoms with E-state index in [0.29, 0.717) is 18.3 Å². The van der Waals surface area contributed by atoms with Crippen molar-refractivity contribution >= 4 is 5.91 Å². The second-order valence-electron chi connectivity index (χ2n) is 6.36. The molecule has 2 rings (SSSR count). The predicted molar refractivity (Wildman–Crippen MR) is 84.1 cm³/mol. The van der Waals surface area contributed by atoms with Crippen molar-refractivity contribution < 1.29 is 4.79 Å². The molecule has 0 bridgehead atoms. The Morgan fingerprint density at radius 1 is 1.35 bits per heavy atom. The first kappa shape index (κ1) is 15.1.